The summed E-state index contributed by atoms with van der Waals surface area (Å²) in [5, 5.41) is 5.96. The van der Waals surface area contributed by atoms with Crippen LogP contribution in [-0.4, -0.2) is 65.3 Å². The van der Waals surface area contributed by atoms with Gasteiger partial charge >= 0.3 is 0 Å². The van der Waals surface area contributed by atoms with Crippen molar-refractivity contribution in [3.8, 4) is 16.9 Å². The van der Waals surface area contributed by atoms with E-state index in [0.717, 1.165) is 43.9 Å². The highest BCUT2D eigenvalue weighted by atomic mass is 16.5. The summed E-state index contributed by atoms with van der Waals surface area (Å²) in [6.07, 6.45) is 1.52. The number of fused-ring (bicyclic) bond motifs is 1. The molecule has 3 aromatic rings. The lowest BCUT2D eigenvalue weighted by Crippen LogP contribution is -2.54. The Morgan fingerprint density at radius 3 is 2.59 bits per heavy atom. The van der Waals surface area contributed by atoms with Gasteiger partial charge in [0.05, 0.1) is 0 Å². The Morgan fingerprint density at radius 1 is 0.951 bits per heavy atom. The Labute approximate surface area is 240 Å². The first-order valence-electron chi connectivity index (χ1n) is 14.5. The number of ether oxygens (including phenoxy) is 1. The van der Waals surface area contributed by atoms with E-state index in [1.165, 1.54) is 16.7 Å². The highest BCUT2D eigenvalue weighted by Crippen LogP contribution is 2.31. The van der Waals surface area contributed by atoms with Crippen molar-refractivity contribution in [2.45, 2.75) is 57.5 Å². The van der Waals surface area contributed by atoms with Crippen LogP contribution in [0.25, 0.3) is 11.1 Å². The third kappa shape index (κ3) is 5.89. The lowest BCUT2D eigenvalue weighted by molar-refractivity contribution is -0.136. The number of imide groups is 1. The molecule has 2 N–H and O–H groups in total. The predicted octanol–water partition coefficient (Wildman–Crippen LogP) is 3.75. The van der Waals surface area contributed by atoms with E-state index in [9.17, 15) is 14.4 Å². The van der Waals surface area contributed by atoms with Gasteiger partial charge in [0.1, 0.15) is 17.9 Å². The van der Waals surface area contributed by atoms with E-state index in [1.807, 2.05) is 18.2 Å². The standard InChI is InChI=1S/C33H36N4O4/c1-2-34-28-15-16-36(19-22-7-6-10-24(17-22)23-8-4-3-5-9-23)21-30(28)41-26-11-12-27-25(18-26)20-37(33(27)40)29-13-14-31(38)35-32(29)39/h3-12,17-18,28-30,34H,2,13-16,19-21H2,1H3,(H,35,38,39). The lowest BCUT2D eigenvalue weighted by Gasteiger charge is -2.39. The third-order valence-electron chi connectivity index (χ3n) is 8.33. The summed E-state index contributed by atoms with van der Waals surface area (Å²) in [4.78, 5) is 41.1. The SMILES string of the molecule is CCNC1CCN(Cc2cccc(-c3ccccc3)c2)CC1Oc1ccc2c(c1)CN(C1CCC(=O)NC1=O)C2=O. The minimum Gasteiger partial charge on any atom is -0.487 e. The molecule has 0 aromatic heterocycles. The number of likely N-dealkylation sites (tertiary alicyclic amines) is 1. The van der Waals surface area contributed by atoms with Gasteiger partial charge in [-0.05, 0) is 65.9 Å². The summed E-state index contributed by atoms with van der Waals surface area (Å²) >= 11 is 0. The number of nitrogens with one attached hydrogen (secondary N) is 2. The maximum absolute atomic E-state index is 13.1. The molecule has 0 bridgehead atoms. The fourth-order valence-corrected chi connectivity index (χ4v) is 6.28. The molecule has 6 rings (SSSR count). The average molecular weight is 553 g/mol. The Bertz CT molecular complexity index is 1440. The number of carbonyl (C=O) groups excluding carboxylic acids is 3. The number of hydrogen-bond acceptors (Lipinski definition) is 6. The monoisotopic (exact) mass is 552 g/mol. The van der Waals surface area contributed by atoms with Crippen LogP contribution < -0.4 is 15.4 Å². The van der Waals surface area contributed by atoms with Gasteiger partial charge in [-0.2, -0.15) is 0 Å². The second-order valence-corrected chi connectivity index (χ2v) is 11.1. The van der Waals surface area contributed by atoms with Crippen molar-refractivity contribution >= 4 is 17.7 Å². The first-order valence-corrected chi connectivity index (χ1v) is 14.5. The Balaban J connectivity index is 1.14. The summed E-state index contributed by atoms with van der Waals surface area (Å²) in [5.41, 5.74) is 5.15. The molecule has 0 radical (unpaired) electrons. The average Bonchev–Trinajstić information content (AvgIpc) is 3.30. The molecule has 3 aliphatic rings. The zero-order valence-electron chi connectivity index (χ0n) is 23.3. The Kier molecular flexibility index (Phi) is 7.85. The highest BCUT2D eigenvalue weighted by molar-refractivity contribution is 6.05. The number of hydrogen-bond donors (Lipinski definition) is 2. The molecule has 41 heavy (non-hydrogen) atoms. The number of rotatable bonds is 8. The van der Waals surface area contributed by atoms with E-state index in [0.29, 0.717) is 18.5 Å². The molecular formula is C33H36N4O4. The van der Waals surface area contributed by atoms with E-state index < -0.39 is 11.9 Å². The molecule has 3 aliphatic heterocycles. The van der Waals surface area contributed by atoms with Crippen LogP contribution in [0.3, 0.4) is 0 Å². The molecule has 3 atom stereocenters. The summed E-state index contributed by atoms with van der Waals surface area (Å²) < 4.78 is 6.60. The number of benzene rings is 3. The second kappa shape index (κ2) is 11.8. The van der Waals surface area contributed by atoms with Crippen molar-refractivity contribution in [3.05, 3.63) is 89.5 Å². The molecule has 8 nitrogen and oxygen atoms in total. The number of piperidine rings is 2. The molecular weight excluding hydrogens is 516 g/mol. The van der Waals surface area contributed by atoms with Gasteiger partial charge in [-0.15, -0.1) is 0 Å². The largest absolute Gasteiger partial charge is 0.487 e. The first kappa shape index (κ1) is 27.2. The zero-order valence-corrected chi connectivity index (χ0v) is 23.3. The van der Waals surface area contributed by atoms with Crippen LogP contribution in [0.1, 0.15) is 47.7 Å². The third-order valence-corrected chi connectivity index (χ3v) is 8.33. The molecule has 8 heteroatoms. The molecule has 2 fully saturated rings. The van der Waals surface area contributed by atoms with Crippen LogP contribution in [0.5, 0.6) is 5.75 Å². The molecule has 212 valence electrons. The first-order chi connectivity index (χ1) is 20.0. The van der Waals surface area contributed by atoms with Crippen molar-refractivity contribution in [3.63, 3.8) is 0 Å². The maximum atomic E-state index is 13.1. The van der Waals surface area contributed by atoms with Crippen LogP contribution >= 0.6 is 0 Å². The topological polar surface area (TPSA) is 91.0 Å². The molecule has 3 heterocycles. The fourth-order valence-electron chi connectivity index (χ4n) is 6.28. The minimum absolute atomic E-state index is 0.0533. The molecule has 0 saturated carbocycles. The van der Waals surface area contributed by atoms with Gasteiger partial charge in [-0.3, -0.25) is 24.6 Å². The quantitative estimate of drug-likeness (QED) is 0.414. The Morgan fingerprint density at radius 2 is 1.78 bits per heavy atom. The van der Waals surface area contributed by atoms with Crippen molar-refractivity contribution < 1.29 is 19.1 Å². The van der Waals surface area contributed by atoms with Crippen LogP contribution in [0.4, 0.5) is 0 Å². The smallest absolute Gasteiger partial charge is 0.255 e. The molecule has 0 spiro atoms. The molecule has 3 aromatic carbocycles. The Hall–Kier alpha value is -4.01. The second-order valence-electron chi connectivity index (χ2n) is 11.1. The van der Waals surface area contributed by atoms with Crippen molar-refractivity contribution in [1.82, 2.24) is 20.4 Å². The van der Waals surface area contributed by atoms with E-state index in [1.54, 1.807) is 11.0 Å². The normalized spacial score (nSPS) is 22.9. The fraction of sp³-hybridized carbons (Fsp3) is 0.364. The lowest BCUT2D eigenvalue weighted by atomic mass is 9.99. The van der Waals surface area contributed by atoms with Gasteiger partial charge in [0.2, 0.25) is 11.8 Å². The van der Waals surface area contributed by atoms with Crippen molar-refractivity contribution in [2.24, 2.45) is 0 Å². The van der Waals surface area contributed by atoms with Crippen molar-refractivity contribution in [1.29, 1.82) is 0 Å². The van der Waals surface area contributed by atoms with Gasteiger partial charge < -0.3 is 15.0 Å². The van der Waals surface area contributed by atoms with E-state index >= 15 is 0 Å². The van der Waals surface area contributed by atoms with Gasteiger partial charge in [0, 0.05) is 44.2 Å². The van der Waals surface area contributed by atoms with Crippen LogP contribution in [0.2, 0.25) is 0 Å². The van der Waals surface area contributed by atoms with Gasteiger partial charge in [-0.1, -0.05) is 55.5 Å². The molecule has 3 amide bonds. The zero-order chi connectivity index (χ0) is 28.3. The van der Waals surface area contributed by atoms with Gasteiger partial charge in [0.15, 0.2) is 0 Å². The minimum atomic E-state index is -0.623. The summed E-state index contributed by atoms with van der Waals surface area (Å²) in [6.45, 7) is 5.92. The molecule has 3 unspecified atom stereocenters. The summed E-state index contributed by atoms with van der Waals surface area (Å²) in [7, 11) is 0. The van der Waals surface area contributed by atoms with Gasteiger partial charge in [-0.25, -0.2) is 0 Å². The highest BCUT2D eigenvalue weighted by Gasteiger charge is 2.39. The predicted molar refractivity (Wildman–Crippen MR) is 156 cm³/mol. The van der Waals surface area contributed by atoms with E-state index in [2.05, 4.69) is 71.0 Å². The molecule has 0 aliphatic carbocycles. The van der Waals surface area contributed by atoms with Crippen molar-refractivity contribution in [2.75, 3.05) is 19.6 Å². The number of nitrogens with zero attached hydrogens (tertiary/aromatic N) is 2. The van der Waals surface area contributed by atoms with Crippen LogP contribution in [-0.2, 0) is 22.7 Å². The van der Waals surface area contributed by atoms with Gasteiger partial charge in [0.25, 0.3) is 5.91 Å². The number of carbonyl (C=O) groups is 3. The van der Waals surface area contributed by atoms with Crippen LogP contribution in [0, 0.1) is 0 Å². The summed E-state index contributed by atoms with van der Waals surface area (Å²) in [6, 6.07) is 24.4. The number of amides is 3. The molecule has 2 saturated heterocycles. The van der Waals surface area contributed by atoms with E-state index in [-0.39, 0.29) is 30.4 Å². The van der Waals surface area contributed by atoms with Crippen LogP contribution in [0.15, 0.2) is 72.8 Å². The maximum Gasteiger partial charge on any atom is 0.255 e. The summed E-state index contributed by atoms with van der Waals surface area (Å²) in [5.74, 6) is -0.133. The number of likely N-dealkylation sites (N-methyl/N-ethyl adjacent to an activating group) is 1. The van der Waals surface area contributed by atoms with E-state index in [4.69, 9.17) is 4.74 Å².